The second kappa shape index (κ2) is 10.1. The Labute approximate surface area is 194 Å². The third-order valence-electron chi connectivity index (χ3n) is 6.00. The Hall–Kier alpha value is -3.33. The number of aromatic nitrogens is 3. The molecular weight excluding hydrogens is 420 g/mol. The van der Waals surface area contributed by atoms with Gasteiger partial charge in [-0.25, -0.2) is 14.8 Å². The minimum absolute atomic E-state index is 0.120. The minimum atomic E-state index is -0.120. The number of hydrogen-bond acceptors (Lipinski definition) is 6. The first kappa shape index (κ1) is 22.8. The topological polar surface area (TPSA) is 84.8 Å². The highest BCUT2D eigenvalue weighted by Gasteiger charge is 2.23. The molecule has 1 aliphatic rings. The Morgan fingerprint density at radius 2 is 1.88 bits per heavy atom. The van der Waals surface area contributed by atoms with Gasteiger partial charge in [0.05, 0.1) is 19.9 Å². The highest BCUT2D eigenvalue weighted by atomic mass is 16.5. The average molecular weight is 453 g/mol. The summed E-state index contributed by atoms with van der Waals surface area (Å²) in [6.07, 6.45) is 1.82. The zero-order valence-corrected chi connectivity index (χ0v) is 19.7. The molecule has 1 N–H and O–H groups in total. The number of ether oxygens (including phenoxy) is 2. The first-order valence-electron chi connectivity index (χ1n) is 11.3. The van der Waals surface area contributed by atoms with Crippen LogP contribution in [-0.4, -0.2) is 77.3 Å². The van der Waals surface area contributed by atoms with E-state index in [1.54, 1.807) is 32.4 Å². The third kappa shape index (κ3) is 5.03. The zero-order valence-electron chi connectivity index (χ0n) is 19.7. The van der Waals surface area contributed by atoms with Gasteiger partial charge in [0.15, 0.2) is 5.65 Å². The van der Waals surface area contributed by atoms with Crippen molar-refractivity contribution < 1.29 is 14.3 Å². The Kier molecular flexibility index (Phi) is 6.98. The van der Waals surface area contributed by atoms with Crippen LogP contribution in [-0.2, 0) is 6.54 Å². The first-order valence-corrected chi connectivity index (χ1v) is 11.3. The molecule has 3 aromatic rings. The number of amides is 2. The number of fused-ring (bicyclic) bond motifs is 1. The lowest BCUT2D eigenvalue weighted by molar-refractivity contribution is 0.144. The van der Waals surface area contributed by atoms with Gasteiger partial charge in [0.1, 0.15) is 22.8 Å². The number of hydrogen-bond donors (Lipinski definition) is 1. The summed E-state index contributed by atoms with van der Waals surface area (Å²) < 4.78 is 12.8. The number of carbonyl (C=O) groups is 1. The zero-order chi connectivity index (χ0) is 23.4. The fraction of sp³-hybridized carbons (Fsp3) is 0.458. The molecule has 1 fully saturated rings. The molecule has 176 valence electrons. The van der Waals surface area contributed by atoms with Crippen molar-refractivity contribution in [3.63, 3.8) is 0 Å². The van der Waals surface area contributed by atoms with E-state index in [0.29, 0.717) is 36.2 Å². The lowest BCUT2D eigenvalue weighted by Crippen LogP contribution is -2.50. The fourth-order valence-electron chi connectivity index (χ4n) is 4.15. The normalized spacial score (nSPS) is 14.6. The van der Waals surface area contributed by atoms with Gasteiger partial charge in [0.2, 0.25) is 0 Å². The molecule has 3 heterocycles. The van der Waals surface area contributed by atoms with Crippen LogP contribution >= 0.6 is 0 Å². The van der Waals surface area contributed by atoms with Crippen LogP contribution in [0.25, 0.3) is 11.2 Å². The molecule has 9 heteroatoms. The number of anilines is 1. The minimum Gasteiger partial charge on any atom is -0.497 e. The standard InChI is InChI=1S/C24H32N6O3/c1-17(2)22-26-20-6-5-9-25-23(20)30(22)15-12-28-10-13-29(14-11-28)24(31)27-19-8-7-18(32-3)16-21(19)33-4/h5-9,16-17H,10-15H2,1-4H3,(H,27,31). The molecule has 2 aromatic heterocycles. The van der Waals surface area contributed by atoms with Crippen molar-refractivity contribution >= 4 is 22.9 Å². The number of imidazole rings is 1. The van der Waals surface area contributed by atoms with E-state index in [0.717, 1.165) is 43.2 Å². The van der Waals surface area contributed by atoms with Gasteiger partial charge >= 0.3 is 6.03 Å². The molecule has 1 saturated heterocycles. The summed E-state index contributed by atoms with van der Waals surface area (Å²) in [5, 5.41) is 2.96. The maximum absolute atomic E-state index is 12.8. The number of benzene rings is 1. The summed E-state index contributed by atoms with van der Waals surface area (Å²) in [4.78, 5) is 26.4. The van der Waals surface area contributed by atoms with E-state index >= 15 is 0 Å². The summed E-state index contributed by atoms with van der Waals surface area (Å²) in [6, 6.07) is 9.17. The molecule has 33 heavy (non-hydrogen) atoms. The molecule has 0 unspecified atom stereocenters. The highest BCUT2D eigenvalue weighted by Crippen LogP contribution is 2.29. The summed E-state index contributed by atoms with van der Waals surface area (Å²) >= 11 is 0. The van der Waals surface area contributed by atoms with E-state index in [4.69, 9.17) is 14.5 Å². The SMILES string of the molecule is COc1ccc(NC(=O)N2CCN(CCn3c(C(C)C)nc4cccnc43)CC2)c(OC)c1. The van der Waals surface area contributed by atoms with Crippen LogP contribution in [0, 0.1) is 0 Å². The van der Waals surface area contributed by atoms with E-state index < -0.39 is 0 Å². The van der Waals surface area contributed by atoms with Crippen molar-refractivity contribution in [2.24, 2.45) is 0 Å². The average Bonchev–Trinajstić information content (AvgIpc) is 3.22. The number of methoxy groups -OCH3 is 2. The van der Waals surface area contributed by atoms with Crippen LogP contribution in [0.2, 0.25) is 0 Å². The number of nitrogens with one attached hydrogen (secondary N) is 1. The first-order chi connectivity index (χ1) is 16.0. The molecule has 2 amide bonds. The van der Waals surface area contributed by atoms with Gasteiger partial charge in [-0.2, -0.15) is 0 Å². The molecule has 0 saturated carbocycles. The van der Waals surface area contributed by atoms with Gasteiger partial charge in [0, 0.05) is 57.4 Å². The lowest BCUT2D eigenvalue weighted by Gasteiger charge is -2.35. The van der Waals surface area contributed by atoms with Gasteiger partial charge in [-0.1, -0.05) is 13.8 Å². The van der Waals surface area contributed by atoms with Gasteiger partial charge in [-0.15, -0.1) is 0 Å². The predicted octanol–water partition coefficient (Wildman–Crippen LogP) is 3.42. The fourth-order valence-corrected chi connectivity index (χ4v) is 4.15. The second-order valence-corrected chi connectivity index (χ2v) is 8.45. The maximum atomic E-state index is 12.8. The third-order valence-corrected chi connectivity index (χ3v) is 6.00. The van der Waals surface area contributed by atoms with E-state index in [2.05, 4.69) is 33.6 Å². The van der Waals surface area contributed by atoms with Crippen molar-refractivity contribution in [1.82, 2.24) is 24.3 Å². The van der Waals surface area contributed by atoms with Crippen molar-refractivity contribution in [1.29, 1.82) is 0 Å². The van der Waals surface area contributed by atoms with Crippen LogP contribution in [0.15, 0.2) is 36.5 Å². The van der Waals surface area contributed by atoms with E-state index in [1.165, 1.54) is 0 Å². The quantitative estimate of drug-likeness (QED) is 0.591. The Bertz CT molecular complexity index is 1100. The van der Waals surface area contributed by atoms with Gasteiger partial charge in [-0.05, 0) is 24.3 Å². The summed E-state index contributed by atoms with van der Waals surface area (Å²) in [6.45, 7) is 9.03. The van der Waals surface area contributed by atoms with E-state index in [1.807, 2.05) is 23.2 Å². The summed E-state index contributed by atoms with van der Waals surface area (Å²) in [7, 11) is 3.18. The second-order valence-electron chi connectivity index (χ2n) is 8.45. The molecule has 4 rings (SSSR count). The van der Waals surface area contributed by atoms with E-state index in [9.17, 15) is 4.79 Å². The van der Waals surface area contributed by atoms with Crippen molar-refractivity contribution in [3.05, 3.63) is 42.4 Å². The lowest BCUT2D eigenvalue weighted by atomic mass is 10.2. The molecule has 0 bridgehead atoms. The molecule has 0 radical (unpaired) electrons. The molecule has 0 aliphatic carbocycles. The smallest absolute Gasteiger partial charge is 0.322 e. The summed E-state index contributed by atoms with van der Waals surface area (Å²) in [5.74, 6) is 2.65. The number of pyridine rings is 1. The van der Waals surface area contributed by atoms with Crippen molar-refractivity contribution in [2.45, 2.75) is 26.3 Å². The molecule has 9 nitrogen and oxygen atoms in total. The monoisotopic (exact) mass is 452 g/mol. The van der Waals surface area contributed by atoms with Crippen LogP contribution < -0.4 is 14.8 Å². The molecule has 1 aliphatic heterocycles. The van der Waals surface area contributed by atoms with E-state index in [-0.39, 0.29) is 6.03 Å². The molecule has 1 aromatic carbocycles. The largest absolute Gasteiger partial charge is 0.497 e. The summed E-state index contributed by atoms with van der Waals surface area (Å²) in [5.41, 5.74) is 2.51. The molecule has 0 spiro atoms. The maximum Gasteiger partial charge on any atom is 0.322 e. The van der Waals surface area contributed by atoms with Crippen molar-refractivity contribution in [2.75, 3.05) is 52.3 Å². The van der Waals surface area contributed by atoms with Crippen LogP contribution in [0.3, 0.4) is 0 Å². The Morgan fingerprint density at radius 3 is 2.58 bits per heavy atom. The van der Waals surface area contributed by atoms with Gasteiger partial charge < -0.3 is 24.3 Å². The number of nitrogens with zero attached hydrogens (tertiary/aromatic N) is 5. The number of piperazine rings is 1. The number of rotatable bonds is 7. The van der Waals surface area contributed by atoms with Crippen LogP contribution in [0.5, 0.6) is 11.5 Å². The van der Waals surface area contributed by atoms with Crippen molar-refractivity contribution in [3.8, 4) is 11.5 Å². The Balaban J connectivity index is 1.33. The van der Waals surface area contributed by atoms with Crippen LogP contribution in [0.1, 0.15) is 25.6 Å². The number of urea groups is 1. The predicted molar refractivity (Wildman–Crippen MR) is 128 cm³/mol. The highest BCUT2D eigenvalue weighted by molar-refractivity contribution is 5.91. The molecular formula is C24H32N6O3. The Morgan fingerprint density at radius 1 is 1.09 bits per heavy atom. The number of carbonyl (C=O) groups excluding carboxylic acids is 1. The van der Waals surface area contributed by atoms with Gasteiger partial charge in [0.25, 0.3) is 0 Å². The van der Waals surface area contributed by atoms with Crippen LogP contribution in [0.4, 0.5) is 10.5 Å². The molecule has 0 atom stereocenters. The van der Waals surface area contributed by atoms with Gasteiger partial charge in [-0.3, -0.25) is 4.90 Å².